The smallest absolute Gasteiger partial charge is 0.170 e. The molecule has 0 bridgehead atoms. The number of nitrogens with zero attached hydrogens (tertiary/aromatic N) is 1. The van der Waals surface area contributed by atoms with Gasteiger partial charge in [-0.05, 0) is 24.1 Å². The monoisotopic (exact) mass is 269 g/mol. The van der Waals surface area contributed by atoms with Gasteiger partial charge >= 0.3 is 0 Å². The number of nitrogens with two attached hydrogens (primary N) is 1. The first-order valence-corrected chi connectivity index (χ1v) is 6.56. The predicted molar refractivity (Wildman–Crippen MR) is 80.6 cm³/mol. The van der Waals surface area contributed by atoms with Crippen LogP contribution in [0.15, 0.2) is 59.8 Å². The van der Waals surface area contributed by atoms with Crippen LogP contribution in [0.5, 0.6) is 0 Å². The third-order valence-corrected chi connectivity index (χ3v) is 3.24. The van der Waals surface area contributed by atoms with Crippen LogP contribution < -0.4 is 11.1 Å². The van der Waals surface area contributed by atoms with Crippen molar-refractivity contribution in [2.75, 3.05) is 0 Å². The molecular formula is C16H19N3O. The Morgan fingerprint density at radius 2 is 1.95 bits per heavy atom. The molecule has 0 saturated heterocycles. The Labute approximate surface area is 118 Å². The van der Waals surface area contributed by atoms with Gasteiger partial charge in [-0.3, -0.25) is 0 Å². The molecule has 4 N–H and O–H groups in total. The fourth-order valence-corrected chi connectivity index (χ4v) is 2.03. The van der Waals surface area contributed by atoms with E-state index in [4.69, 9.17) is 10.9 Å². The molecule has 4 heteroatoms. The number of hydrogen-bond donors (Lipinski definition) is 3. The average Bonchev–Trinajstić information content (AvgIpc) is 2.53. The van der Waals surface area contributed by atoms with Crippen LogP contribution in [-0.2, 0) is 6.54 Å². The van der Waals surface area contributed by atoms with E-state index in [1.54, 1.807) is 0 Å². The highest BCUT2D eigenvalue weighted by molar-refractivity contribution is 5.97. The average molecular weight is 269 g/mol. The van der Waals surface area contributed by atoms with Crippen molar-refractivity contribution in [2.24, 2.45) is 10.9 Å². The van der Waals surface area contributed by atoms with E-state index in [1.807, 2.05) is 42.5 Å². The molecule has 0 fully saturated rings. The van der Waals surface area contributed by atoms with Crippen LogP contribution in [0.2, 0.25) is 0 Å². The maximum Gasteiger partial charge on any atom is 0.170 e. The van der Waals surface area contributed by atoms with Crippen LogP contribution in [-0.4, -0.2) is 11.0 Å². The van der Waals surface area contributed by atoms with E-state index >= 15 is 0 Å². The molecule has 0 amide bonds. The summed E-state index contributed by atoms with van der Waals surface area (Å²) in [6.07, 6.45) is 0. The first kappa shape index (κ1) is 14.1. The second kappa shape index (κ2) is 6.73. The van der Waals surface area contributed by atoms with Crippen molar-refractivity contribution < 1.29 is 5.21 Å². The molecule has 0 aliphatic rings. The Hall–Kier alpha value is -2.33. The summed E-state index contributed by atoms with van der Waals surface area (Å²) in [5.74, 6) is 0.128. The lowest BCUT2D eigenvalue weighted by atomic mass is 10.1. The van der Waals surface area contributed by atoms with Crippen LogP contribution in [0.25, 0.3) is 0 Å². The zero-order valence-electron chi connectivity index (χ0n) is 11.5. The Morgan fingerprint density at radius 3 is 2.65 bits per heavy atom. The van der Waals surface area contributed by atoms with Crippen molar-refractivity contribution in [3.8, 4) is 0 Å². The molecular weight excluding hydrogens is 250 g/mol. The molecule has 2 aromatic carbocycles. The standard InChI is InChI=1S/C16H19N3O/c1-12(14-7-3-2-4-8-14)18-11-13-6-5-9-15(10-13)16(17)19-20/h2-10,12,18,20H,11H2,1H3,(H2,17,19)/t12-/m1/s1. The van der Waals surface area contributed by atoms with E-state index in [0.29, 0.717) is 0 Å². The summed E-state index contributed by atoms with van der Waals surface area (Å²) < 4.78 is 0. The van der Waals surface area contributed by atoms with Gasteiger partial charge < -0.3 is 16.3 Å². The Kier molecular flexibility index (Phi) is 4.74. The van der Waals surface area contributed by atoms with Gasteiger partial charge in [-0.25, -0.2) is 0 Å². The first-order chi connectivity index (χ1) is 9.70. The molecule has 2 aromatic rings. The fraction of sp³-hybridized carbons (Fsp3) is 0.188. The highest BCUT2D eigenvalue weighted by Gasteiger charge is 2.05. The molecule has 0 heterocycles. The van der Waals surface area contributed by atoms with E-state index in [0.717, 1.165) is 17.7 Å². The summed E-state index contributed by atoms with van der Waals surface area (Å²) in [4.78, 5) is 0. The topological polar surface area (TPSA) is 70.6 Å². The lowest BCUT2D eigenvalue weighted by Crippen LogP contribution is -2.19. The van der Waals surface area contributed by atoms with Crippen LogP contribution in [0.4, 0.5) is 0 Å². The van der Waals surface area contributed by atoms with Gasteiger partial charge in [-0.15, -0.1) is 0 Å². The number of hydrogen-bond acceptors (Lipinski definition) is 3. The largest absolute Gasteiger partial charge is 0.409 e. The third kappa shape index (κ3) is 3.59. The second-order valence-electron chi connectivity index (χ2n) is 4.70. The van der Waals surface area contributed by atoms with Gasteiger partial charge in [-0.1, -0.05) is 53.7 Å². The molecule has 20 heavy (non-hydrogen) atoms. The molecule has 0 saturated carbocycles. The van der Waals surface area contributed by atoms with Crippen molar-refractivity contribution in [1.82, 2.24) is 5.32 Å². The maximum atomic E-state index is 8.69. The zero-order chi connectivity index (χ0) is 14.4. The Balaban J connectivity index is 2.01. The normalized spacial score (nSPS) is 13.2. The van der Waals surface area contributed by atoms with Crippen molar-refractivity contribution >= 4 is 5.84 Å². The summed E-state index contributed by atoms with van der Waals surface area (Å²) in [7, 11) is 0. The summed E-state index contributed by atoms with van der Waals surface area (Å²) in [6, 6.07) is 18.2. The van der Waals surface area contributed by atoms with E-state index < -0.39 is 0 Å². The van der Waals surface area contributed by atoms with Crippen LogP contribution in [0.1, 0.15) is 29.7 Å². The summed E-state index contributed by atoms with van der Waals surface area (Å²) in [5.41, 5.74) is 8.66. The number of amidine groups is 1. The molecule has 0 aliphatic carbocycles. The minimum absolute atomic E-state index is 0.128. The first-order valence-electron chi connectivity index (χ1n) is 6.56. The van der Waals surface area contributed by atoms with Crippen molar-refractivity contribution in [3.05, 3.63) is 71.3 Å². The van der Waals surface area contributed by atoms with E-state index in [1.165, 1.54) is 5.56 Å². The van der Waals surface area contributed by atoms with Gasteiger partial charge in [0, 0.05) is 18.2 Å². The Morgan fingerprint density at radius 1 is 1.20 bits per heavy atom. The van der Waals surface area contributed by atoms with E-state index in [9.17, 15) is 0 Å². The zero-order valence-corrected chi connectivity index (χ0v) is 11.5. The van der Waals surface area contributed by atoms with Gasteiger partial charge in [0.1, 0.15) is 0 Å². The van der Waals surface area contributed by atoms with Gasteiger partial charge in [0.15, 0.2) is 5.84 Å². The molecule has 104 valence electrons. The van der Waals surface area contributed by atoms with Crippen molar-refractivity contribution in [1.29, 1.82) is 0 Å². The minimum Gasteiger partial charge on any atom is -0.409 e. The molecule has 0 radical (unpaired) electrons. The van der Waals surface area contributed by atoms with Gasteiger partial charge in [0.25, 0.3) is 0 Å². The SMILES string of the molecule is C[C@@H](NCc1cccc(C(N)=NO)c1)c1ccccc1. The van der Waals surface area contributed by atoms with Crippen molar-refractivity contribution in [3.63, 3.8) is 0 Å². The summed E-state index contributed by atoms with van der Waals surface area (Å²) in [5, 5.41) is 15.2. The highest BCUT2D eigenvalue weighted by Crippen LogP contribution is 2.13. The summed E-state index contributed by atoms with van der Waals surface area (Å²) >= 11 is 0. The molecule has 0 aliphatic heterocycles. The number of nitrogens with one attached hydrogen (secondary N) is 1. The summed E-state index contributed by atoms with van der Waals surface area (Å²) in [6.45, 7) is 2.85. The lowest BCUT2D eigenvalue weighted by Gasteiger charge is -2.14. The van der Waals surface area contributed by atoms with E-state index in [-0.39, 0.29) is 11.9 Å². The predicted octanol–water partition coefficient (Wildman–Crippen LogP) is 2.63. The third-order valence-electron chi connectivity index (χ3n) is 3.24. The fourth-order valence-electron chi connectivity index (χ4n) is 2.03. The molecule has 0 spiro atoms. The van der Waals surface area contributed by atoms with Gasteiger partial charge in [0.05, 0.1) is 0 Å². The quantitative estimate of drug-likeness (QED) is 0.338. The number of rotatable bonds is 5. The Bertz CT molecular complexity index is 581. The number of oxime groups is 1. The second-order valence-corrected chi connectivity index (χ2v) is 4.70. The van der Waals surface area contributed by atoms with Gasteiger partial charge in [-0.2, -0.15) is 0 Å². The molecule has 0 unspecified atom stereocenters. The molecule has 0 aromatic heterocycles. The molecule has 2 rings (SSSR count). The van der Waals surface area contributed by atoms with E-state index in [2.05, 4.69) is 29.5 Å². The maximum absolute atomic E-state index is 8.69. The van der Waals surface area contributed by atoms with Crippen LogP contribution in [0, 0.1) is 0 Å². The van der Waals surface area contributed by atoms with Crippen LogP contribution in [0.3, 0.4) is 0 Å². The van der Waals surface area contributed by atoms with Gasteiger partial charge in [0.2, 0.25) is 0 Å². The lowest BCUT2D eigenvalue weighted by molar-refractivity contribution is 0.318. The number of benzene rings is 2. The van der Waals surface area contributed by atoms with Crippen molar-refractivity contribution in [2.45, 2.75) is 19.5 Å². The molecule has 1 atom stereocenters. The minimum atomic E-state index is 0.128. The van der Waals surface area contributed by atoms with Crippen LogP contribution >= 0.6 is 0 Å². The highest BCUT2D eigenvalue weighted by atomic mass is 16.4. The molecule has 4 nitrogen and oxygen atoms in total.